The van der Waals surface area contributed by atoms with Crippen LogP contribution in [0.5, 0.6) is 17.2 Å². The van der Waals surface area contributed by atoms with Crippen molar-refractivity contribution in [3.63, 3.8) is 0 Å². The molecule has 0 aromatic heterocycles. The van der Waals surface area contributed by atoms with Gasteiger partial charge in [-0.1, -0.05) is 35.9 Å². The lowest BCUT2D eigenvalue weighted by Crippen LogP contribution is -2.33. The molecule has 0 atom stereocenters. The van der Waals surface area contributed by atoms with E-state index < -0.39 is 33.0 Å². The van der Waals surface area contributed by atoms with E-state index in [0.717, 1.165) is 23.9 Å². The van der Waals surface area contributed by atoms with E-state index in [0.29, 0.717) is 11.1 Å². The number of anilines is 1. The molecule has 4 aromatic carbocycles. The van der Waals surface area contributed by atoms with Crippen LogP contribution in [0.2, 0.25) is 5.02 Å². The molecule has 4 rings (SSSR count). The molecule has 0 heterocycles. The fourth-order valence-corrected chi connectivity index (χ4v) is 4.29. The van der Waals surface area contributed by atoms with Crippen molar-refractivity contribution in [1.82, 2.24) is 10.7 Å². The van der Waals surface area contributed by atoms with E-state index in [4.69, 9.17) is 21.1 Å². The van der Waals surface area contributed by atoms with Gasteiger partial charge in [0.15, 0.2) is 11.5 Å². The maximum absolute atomic E-state index is 13.2. The minimum absolute atomic E-state index is 0.0819. The van der Waals surface area contributed by atoms with Gasteiger partial charge in [-0.15, -0.1) is 0 Å². The lowest BCUT2D eigenvalue weighted by atomic mass is 10.1. The van der Waals surface area contributed by atoms with E-state index in [9.17, 15) is 29.8 Å². The molecule has 0 bridgehead atoms. The van der Waals surface area contributed by atoms with Gasteiger partial charge >= 0.3 is 5.69 Å². The molecule has 0 radical (unpaired) electrons. The SMILES string of the molecule is COc1cc(C=NNC(=O)C(=Cc2ccc(N(C)C)cc2)NC(=O)c2ccccc2Cl)ccc1Oc1ccc([N+](=O)[O-])cc1[N+](=O)[O-]. The standard InChI is InChI=1S/C32H27ClN6O8/c1-37(2)22-11-8-20(9-12-22)16-26(35-31(40)24-6-4-5-7-25(24)33)32(41)36-34-19-21-10-14-29(30(17-21)46-3)47-28-15-13-23(38(42)43)18-27(28)39(44)45/h4-19H,1-3H3,(H,35,40)(H,36,41). The number of benzene rings is 4. The molecule has 0 aliphatic heterocycles. The first-order valence-electron chi connectivity index (χ1n) is 13.6. The summed E-state index contributed by atoms with van der Waals surface area (Å²) in [6, 6.07) is 21.2. The van der Waals surface area contributed by atoms with Crippen LogP contribution in [0.25, 0.3) is 6.08 Å². The summed E-state index contributed by atoms with van der Waals surface area (Å²) >= 11 is 6.18. The van der Waals surface area contributed by atoms with E-state index >= 15 is 0 Å². The van der Waals surface area contributed by atoms with Crippen LogP contribution in [-0.2, 0) is 4.79 Å². The van der Waals surface area contributed by atoms with Gasteiger partial charge < -0.3 is 19.7 Å². The summed E-state index contributed by atoms with van der Waals surface area (Å²) < 4.78 is 11.0. The maximum atomic E-state index is 13.2. The van der Waals surface area contributed by atoms with Crippen molar-refractivity contribution in [2.24, 2.45) is 5.10 Å². The Bertz CT molecular complexity index is 1890. The number of methoxy groups -OCH3 is 1. The predicted molar refractivity (Wildman–Crippen MR) is 176 cm³/mol. The first-order chi connectivity index (χ1) is 22.5. The number of nitro benzene ring substituents is 2. The Morgan fingerprint density at radius 1 is 0.872 bits per heavy atom. The third-order valence-electron chi connectivity index (χ3n) is 6.47. The molecule has 0 aliphatic rings. The highest BCUT2D eigenvalue weighted by Gasteiger charge is 2.22. The molecule has 14 nitrogen and oxygen atoms in total. The number of amides is 2. The summed E-state index contributed by atoms with van der Waals surface area (Å²) in [6.07, 6.45) is 2.80. The van der Waals surface area contributed by atoms with Gasteiger partial charge in [-0.05, 0) is 65.7 Å². The summed E-state index contributed by atoms with van der Waals surface area (Å²) in [7, 11) is 5.14. The Hall–Kier alpha value is -6.28. The van der Waals surface area contributed by atoms with Gasteiger partial charge in [0.2, 0.25) is 5.75 Å². The maximum Gasteiger partial charge on any atom is 0.318 e. The van der Waals surface area contributed by atoms with E-state index in [1.54, 1.807) is 30.3 Å². The zero-order chi connectivity index (χ0) is 34.1. The average Bonchev–Trinajstić information content (AvgIpc) is 3.05. The van der Waals surface area contributed by atoms with Gasteiger partial charge in [0.1, 0.15) is 5.70 Å². The van der Waals surface area contributed by atoms with E-state index in [2.05, 4.69) is 15.8 Å². The number of halogens is 1. The smallest absolute Gasteiger partial charge is 0.318 e. The highest BCUT2D eigenvalue weighted by Crippen LogP contribution is 2.38. The first kappa shape index (κ1) is 33.6. The molecule has 0 saturated carbocycles. The van der Waals surface area contributed by atoms with Gasteiger partial charge in [-0.3, -0.25) is 29.8 Å². The minimum atomic E-state index is -0.795. The summed E-state index contributed by atoms with van der Waals surface area (Å²) in [4.78, 5) is 49.1. The van der Waals surface area contributed by atoms with Crippen molar-refractivity contribution in [2.75, 3.05) is 26.1 Å². The zero-order valence-corrected chi connectivity index (χ0v) is 25.9. The molecule has 0 fully saturated rings. The largest absolute Gasteiger partial charge is 0.493 e. The third kappa shape index (κ3) is 8.67. The monoisotopic (exact) mass is 658 g/mol. The number of non-ortho nitro benzene ring substituents is 1. The molecular weight excluding hydrogens is 632 g/mol. The number of nitrogens with zero attached hydrogens (tertiary/aromatic N) is 4. The number of nitrogens with one attached hydrogen (secondary N) is 2. The first-order valence-corrected chi connectivity index (χ1v) is 14.0. The van der Waals surface area contributed by atoms with Crippen LogP contribution in [0, 0.1) is 20.2 Å². The molecule has 240 valence electrons. The van der Waals surface area contributed by atoms with Crippen molar-refractivity contribution in [1.29, 1.82) is 0 Å². The predicted octanol–water partition coefficient (Wildman–Crippen LogP) is 5.94. The van der Waals surface area contributed by atoms with Crippen LogP contribution in [-0.4, -0.2) is 49.1 Å². The number of hydrogen-bond donors (Lipinski definition) is 2. The zero-order valence-electron chi connectivity index (χ0n) is 25.2. The van der Waals surface area contributed by atoms with Crippen LogP contribution in [0.3, 0.4) is 0 Å². The molecule has 0 saturated heterocycles. The average molecular weight is 659 g/mol. The van der Waals surface area contributed by atoms with Crippen molar-refractivity contribution in [3.8, 4) is 17.2 Å². The number of nitro groups is 2. The highest BCUT2D eigenvalue weighted by molar-refractivity contribution is 6.34. The Labute approximate surface area is 273 Å². The van der Waals surface area contributed by atoms with E-state index in [-0.39, 0.29) is 33.5 Å². The van der Waals surface area contributed by atoms with Gasteiger partial charge in [0, 0.05) is 25.8 Å². The lowest BCUT2D eigenvalue weighted by molar-refractivity contribution is -0.394. The van der Waals surface area contributed by atoms with Crippen LogP contribution < -0.4 is 25.1 Å². The fourth-order valence-electron chi connectivity index (χ4n) is 4.07. The van der Waals surface area contributed by atoms with E-state index in [1.165, 1.54) is 43.7 Å². The van der Waals surface area contributed by atoms with Crippen LogP contribution in [0.15, 0.2) is 95.7 Å². The Kier molecular flexibility index (Phi) is 10.8. The summed E-state index contributed by atoms with van der Waals surface area (Å²) in [5.41, 5.74) is 3.41. The minimum Gasteiger partial charge on any atom is -0.493 e. The summed E-state index contributed by atoms with van der Waals surface area (Å²) in [5.74, 6) is -1.32. The van der Waals surface area contributed by atoms with Crippen molar-refractivity contribution in [3.05, 3.63) is 133 Å². The topological polar surface area (TPSA) is 179 Å². The molecule has 2 amide bonds. The van der Waals surface area contributed by atoms with Crippen molar-refractivity contribution >= 4 is 52.8 Å². The second-order valence-corrected chi connectivity index (χ2v) is 10.3. The van der Waals surface area contributed by atoms with Crippen LogP contribution in [0.4, 0.5) is 17.1 Å². The normalized spacial score (nSPS) is 11.1. The third-order valence-corrected chi connectivity index (χ3v) is 6.80. The van der Waals surface area contributed by atoms with E-state index in [1.807, 2.05) is 31.1 Å². The summed E-state index contributed by atoms with van der Waals surface area (Å²) in [5, 5.41) is 29.3. The quantitative estimate of drug-likeness (QED) is 0.0806. The number of carbonyl (C=O) groups is 2. The Morgan fingerprint density at radius 3 is 2.19 bits per heavy atom. The van der Waals surface area contributed by atoms with Gasteiger partial charge in [0.25, 0.3) is 17.5 Å². The fraction of sp³-hybridized carbons (Fsp3) is 0.0938. The van der Waals surface area contributed by atoms with Crippen molar-refractivity contribution < 1.29 is 28.9 Å². The Morgan fingerprint density at radius 2 is 1.55 bits per heavy atom. The van der Waals surface area contributed by atoms with Crippen LogP contribution in [0.1, 0.15) is 21.5 Å². The molecular formula is C32H27ClN6O8. The number of ether oxygens (including phenoxy) is 2. The molecule has 0 unspecified atom stereocenters. The second-order valence-electron chi connectivity index (χ2n) is 9.86. The van der Waals surface area contributed by atoms with Gasteiger partial charge in [-0.25, -0.2) is 5.43 Å². The number of rotatable bonds is 12. The number of carbonyl (C=O) groups excluding carboxylic acids is 2. The number of hydrazone groups is 1. The molecule has 47 heavy (non-hydrogen) atoms. The molecule has 2 N–H and O–H groups in total. The second kappa shape index (κ2) is 15.1. The molecule has 0 aliphatic carbocycles. The van der Waals surface area contributed by atoms with Crippen LogP contribution >= 0.6 is 11.6 Å². The number of hydrogen-bond acceptors (Lipinski definition) is 10. The lowest BCUT2D eigenvalue weighted by Gasteiger charge is -2.13. The molecule has 4 aromatic rings. The molecule has 0 spiro atoms. The highest BCUT2D eigenvalue weighted by atomic mass is 35.5. The van der Waals surface area contributed by atoms with Gasteiger partial charge in [-0.2, -0.15) is 5.10 Å². The molecule has 15 heteroatoms. The summed E-state index contributed by atoms with van der Waals surface area (Å²) in [6.45, 7) is 0. The van der Waals surface area contributed by atoms with Gasteiger partial charge in [0.05, 0.1) is 39.8 Å². The Balaban J connectivity index is 1.54. The van der Waals surface area contributed by atoms with Crippen molar-refractivity contribution in [2.45, 2.75) is 0 Å².